The lowest BCUT2D eigenvalue weighted by Gasteiger charge is -2.08. The van der Waals surface area contributed by atoms with Crippen LogP contribution in [0.2, 0.25) is 0 Å². The zero-order valence-electron chi connectivity index (χ0n) is 13.4. The number of benzene rings is 2. The number of carbonyl (C=O) groups excluding carboxylic acids is 2. The molecule has 1 unspecified atom stereocenters. The molecule has 4 nitrogen and oxygen atoms in total. The summed E-state index contributed by atoms with van der Waals surface area (Å²) < 4.78 is 0. The van der Waals surface area contributed by atoms with Crippen LogP contribution in [-0.2, 0) is 16.0 Å². The van der Waals surface area contributed by atoms with E-state index in [1.165, 1.54) is 6.08 Å². The molecule has 24 heavy (non-hydrogen) atoms. The Bertz CT molecular complexity index is 772. The van der Waals surface area contributed by atoms with Crippen LogP contribution in [0.5, 0.6) is 0 Å². The Morgan fingerprint density at radius 2 is 1.79 bits per heavy atom. The molecule has 1 N–H and O–H groups in total. The van der Waals surface area contributed by atoms with Gasteiger partial charge in [0.15, 0.2) is 11.7 Å². The molecule has 0 saturated heterocycles. The zero-order valence-corrected chi connectivity index (χ0v) is 13.4. The maximum absolute atomic E-state index is 12.2. The molecular formula is C20H18N2O2. The predicted octanol–water partition coefficient (Wildman–Crippen LogP) is 3.61. The second-order valence-corrected chi connectivity index (χ2v) is 5.25. The topological polar surface area (TPSA) is 70.0 Å². The minimum absolute atomic E-state index is 0.538. The van der Waals surface area contributed by atoms with Gasteiger partial charge in [-0.25, -0.2) is 0 Å². The van der Waals surface area contributed by atoms with Crippen molar-refractivity contribution in [2.24, 2.45) is 5.92 Å². The number of hydrogen-bond acceptors (Lipinski definition) is 3. The van der Waals surface area contributed by atoms with Crippen LogP contribution in [0.1, 0.15) is 18.1 Å². The molecule has 0 bridgehead atoms. The number of nitriles is 1. The summed E-state index contributed by atoms with van der Waals surface area (Å²) in [6.45, 7) is 2.04. The van der Waals surface area contributed by atoms with Gasteiger partial charge in [0.05, 0.1) is 6.07 Å². The van der Waals surface area contributed by atoms with E-state index in [1.54, 1.807) is 24.3 Å². The summed E-state index contributed by atoms with van der Waals surface area (Å²) in [6, 6.07) is 18.3. The minimum atomic E-state index is -1.36. The van der Waals surface area contributed by atoms with Gasteiger partial charge in [0.25, 0.3) is 0 Å². The fourth-order valence-electron chi connectivity index (χ4n) is 2.13. The van der Waals surface area contributed by atoms with Crippen molar-refractivity contribution in [3.05, 3.63) is 71.8 Å². The number of rotatable bonds is 6. The molecule has 0 spiro atoms. The molecule has 0 aromatic heterocycles. The molecule has 1 atom stereocenters. The summed E-state index contributed by atoms with van der Waals surface area (Å²) in [4.78, 5) is 24.3. The SMILES string of the molecule is CCc1ccc(NC(=O)C(C#N)C(=O)/C=C/c2ccccc2)cc1. The lowest BCUT2D eigenvalue weighted by molar-refractivity contribution is -0.126. The number of ketones is 1. The van der Waals surface area contributed by atoms with E-state index in [9.17, 15) is 9.59 Å². The van der Waals surface area contributed by atoms with Gasteiger partial charge in [-0.3, -0.25) is 9.59 Å². The molecule has 0 heterocycles. The van der Waals surface area contributed by atoms with Gasteiger partial charge in [0.2, 0.25) is 5.91 Å². The number of anilines is 1. The standard InChI is InChI=1S/C20H18N2O2/c1-2-15-8-11-17(12-9-15)22-20(24)18(14-21)19(23)13-10-16-6-4-3-5-7-16/h3-13,18H,2H2,1H3,(H,22,24)/b13-10+. The number of aryl methyl sites for hydroxylation is 1. The fourth-order valence-corrected chi connectivity index (χ4v) is 2.13. The molecule has 2 rings (SSSR count). The van der Waals surface area contributed by atoms with Crippen molar-refractivity contribution in [2.75, 3.05) is 5.32 Å². The Morgan fingerprint density at radius 1 is 1.12 bits per heavy atom. The first-order valence-electron chi connectivity index (χ1n) is 7.70. The number of amides is 1. The maximum atomic E-state index is 12.2. The van der Waals surface area contributed by atoms with Crippen LogP contribution in [0.15, 0.2) is 60.7 Å². The van der Waals surface area contributed by atoms with Gasteiger partial charge in [0, 0.05) is 5.69 Å². The second-order valence-electron chi connectivity index (χ2n) is 5.25. The Kier molecular flexibility index (Phi) is 6.04. The maximum Gasteiger partial charge on any atom is 0.249 e. The van der Waals surface area contributed by atoms with Crippen LogP contribution in [-0.4, -0.2) is 11.7 Å². The van der Waals surface area contributed by atoms with Crippen molar-refractivity contribution >= 4 is 23.5 Å². The summed E-state index contributed by atoms with van der Waals surface area (Å²) in [5, 5.41) is 11.8. The average Bonchev–Trinajstić information content (AvgIpc) is 2.62. The lowest BCUT2D eigenvalue weighted by Crippen LogP contribution is -2.27. The van der Waals surface area contributed by atoms with E-state index in [0.29, 0.717) is 5.69 Å². The lowest BCUT2D eigenvalue weighted by atomic mass is 10.0. The number of carbonyl (C=O) groups is 2. The van der Waals surface area contributed by atoms with E-state index in [0.717, 1.165) is 17.5 Å². The first kappa shape index (κ1) is 17.2. The first-order valence-corrected chi connectivity index (χ1v) is 7.70. The molecular weight excluding hydrogens is 300 g/mol. The molecule has 1 amide bonds. The molecule has 2 aromatic rings. The predicted molar refractivity (Wildman–Crippen MR) is 94.0 cm³/mol. The largest absolute Gasteiger partial charge is 0.325 e. The summed E-state index contributed by atoms with van der Waals surface area (Å²) in [5.41, 5.74) is 2.54. The third-order valence-corrected chi connectivity index (χ3v) is 3.55. The zero-order chi connectivity index (χ0) is 17.4. The molecule has 0 aliphatic heterocycles. The van der Waals surface area contributed by atoms with Gasteiger partial charge in [-0.1, -0.05) is 55.5 Å². The third kappa shape index (κ3) is 4.65. The Hall–Kier alpha value is -3.19. The van der Waals surface area contributed by atoms with E-state index >= 15 is 0 Å². The van der Waals surface area contributed by atoms with Crippen LogP contribution < -0.4 is 5.32 Å². The van der Waals surface area contributed by atoms with Crippen molar-refractivity contribution in [3.63, 3.8) is 0 Å². The molecule has 0 aliphatic rings. The monoisotopic (exact) mass is 318 g/mol. The first-order chi connectivity index (χ1) is 11.6. The molecule has 0 aliphatic carbocycles. The molecule has 4 heteroatoms. The van der Waals surface area contributed by atoms with Crippen LogP contribution in [0.4, 0.5) is 5.69 Å². The van der Waals surface area contributed by atoms with Gasteiger partial charge in [-0.05, 0) is 35.8 Å². The highest BCUT2D eigenvalue weighted by Crippen LogP contribution is 2.12. The van der Waals surface area contributed by atoms with E-state index in [-0.39, 0.29) is 0 Å². The number of nitrogens with one attached hydrogen (secondary N) is 1. The van der Waals surface area contributed by atoms with E-state index in [2.05, 4.69) is 5.32 Å². The fraction of sp³-hybridized carbons (Fsp3) is 0.150. The van der Waals surface area contributed by atoms with Crippen molar-refractivity contribution < 1.29 is 9.59 Å². The van der Waals surface area contributed by atoms with Gasteiger partial charge < -0.3 is 5.32 Å². The molecule has 2 aromatic carbocycles. The summed E-state index contributed by atoms with van der Waals surface area (Å²) in [7, 11) is 0. The summed E-state index contributed by atoms with van der Waals surface area (Å²) in [5.74, 6) is -2.52. The molecule has 120 valence electrons. The highest BCUT2D eigenvalue weighted by molar-refractivity contribution is 6.14. The number of nitrogens with zero attached hydrogens (tertiary/aromatic N) is 1. The van der Waals surface area contributed by atoms with Crippen LogP contribution in [0.25, 0.3) is 6.08 Å². The highest BCUT2D eigenvalue weighted by Gasteiger charge is 2.24. The second kappa shape index (κ2) is 8.44. The Labute approximate surface area is 141 Å². The van der Waals surface area contributed by atoms with E-state index in [1.807, 2.05) is 49.4 Å². The third-order valence-electron chi connectivity index (χ3n) is 3.55. The van der Waals surface area contributed by atoms with Gasteiger partial charge in [-0.2, -0.15) is 5.26 Å². The minimum Gasteiger partial charge on any atom is -0.325 e. The summed E-state index contributed by atoms with van der Waals surface area (Å²) >= 11 is 0. The van der Waals surface area contributed by atoms with Crippen molar-refractivity contribution in [1.29, 1.82) is 5.26 Å². The van der Waals surface area contributed by atoms with Crippen molar-refractivity contribution in [3.8, 4) is 6.07 Å². The normalized spacial score (nSPS) is 11.7. The van der Waals surface area contributed by atoms with Gasteiger partial charge in [0.1, 0.15) is 0 Å². The smallest absolute Gasteiger partial charge is 0.249 e. The van der Waals surface area contributed by atoms with Gasteiger partial charge in [-0.15, -0.1) is 0 Å². The average molecular weight is 318 g/mol. The number of hydrogen-bond donors (Lipinski definition) is 1. The Morgan fingerprint density at radius 3 is 2.38 bits per heavy atom. The van der Waals surface area contributed by atoms with Gasteiger partial charge >= 0.3 is 0 Å². The molecule has 0 saturated carbocycles. The van der Waals surface area contributed by atoms with Crippen LogP contribution in [0, 0.1) is 17.2 Å². The van der Waals surface area contributed by atoms with Crippen molar-refractivity contribution in [2.45, 2.75) is 13.3 Å². The highest BCUT2D eigenvalue weighted by atomic mass is 16.2. The van der Waals surface area contributed by atoms with E-state index in [4.69, 9.17) is 5.26 Å². The number of allylic oxidation sites excluding steroid dienone is 1. The molecule has 0 fully saturated rings. The Balaban J connectivity index is 2.03. The molecule has 0 radical (unpaired) electrons. The quantitative estimate of drug-likeness (QED) is 0.653. The van der Waals surface area contributed by atoms with Crippen LogP contribution >= 0.6 is 0 Å². The van der Waals surface area contributed by atoms with Crippen LogP contribution in [0.3, 0.4) is 0 Å². The summed E-state index contributed by atoms with van der Waals surface area (Å²) in [6.07, 6.45) is 3.76. The van der Waals surface area contributed by atoms with E-state index < -0.39 is 17.6 Å². The van der Waals surface area contributed by atoms with Crippen molar-refractivity contribution in [1.82, 2.24) is 0 Å².